The molecule has 31 heavy (non-hydrogen) atoms. The molecule has 5 rings (SSSR count). The minimum absolute atomic E-state index is 0.0412. The summed E-state index contributed by atoms with van der Waals surface area (Å²) in [6.45, 7) is 1.51. The number of nitrogens with zero attached hydrogens (tertiary/aromatic N) is 3. The highest BCUT2D eigenvalue weighted by Crippen LogP contribution is 2.41. The topological polar surface area (TPSA) is 48.5 Å². The Hall–Kier alpha value is -3.55. The Balaban J connectivity index is 1.54. The summed E-state index contributed by atoms with van der Waals surface area (Å²) < 4.78 is 39.5. The van der Waals surface area contributed by atoms with Crippen molar-refractivity contribution in [3.63, 3.8) is 0 Å². The number of alkyl halides is 3. The van der Waals surface area contributed by atoms with Gasteiger partial charge in [-0.15, -0.1) is 0 Å². The molecule has 2 aliphatic heterocycles. The van der Waals surface area contributed by atoms with Gasteiger partial charge in [0.25, 0.3) is 0 Å². The second-order valence-electron chi connectivity index (χ2n) is 7.67. The predicted molar refractivity (Wildman–Crippen MR) is 113 cm³/mol. The number of benzene rings is 2. The third-order valence-corrected chi connectivity index (χ3v) is 5.68. The molecule has 0 radical (unpaired) electrons. The lowest BCUT2D eigenvalue weighted by molar-refractivity contribution is -0.137. The van der Waals surface area contributed by atoms with E-state index in [1.54, 1.807) is 29.2 Å². The third-order valence-electron chi connectivity index (χ3n) is 5.68. The fraction of sp³-hybridized carbons (Fsp3) is 0.217. The zero-order valence-corrected chi connectivity index (χ0v) is 16.4. The second kappa shape index (κ2) is 7.30. The van der Waals surface area contributed by atoms with E-state index < -0.39 is 11.7 Å². The number of pyridine rings is 1. The van der Waals surface area contributed by atoms with Gasteiger partial charge in [0.05, 0.1) is 23.0 Å². The van der Waals surface area contributed by atoms with Crippen LogP contribution in [-0.2, 0) is 6.18 Å². The highest BCUT2D eigenvalue weighted by atomic mass is 19.4. The average molecular weight is 424 g/mol. The minimum Gasteiger partial charge on any atom is -0.366 e. The van der Waals surface area contributed by atoms with Crippen LogP contribution in [0.4, 0.5) is 35.2 Å². The van der Waals surface area contributed by atoms with Gasteiger partial charge in [0.15, 0.2) is 5.82 Å². The number of fused-ring (bicyclic) bond motifs is 4. The van der Waals surface area contributed by atoms with E-state index >= 15 is 0 Å². The Kier molecular flexibility index (Phi) is 4.57. The summed E-state index contributed by atoms with van der Waals surface area (Å²) in [6.07, 6.45) is -3.63. The largest absolute Gasteiger partial charge is 0.416 e. The molecule has 3 heterocycles. The van der Waals surface area contributed by atoms with Gasteiger partial charge in [-0.2, -0.15) is 13.2 Å². The van der Waals surface area contributed by atoms with E-state index in [4.69, 9.17) is 0 Å². The summed E-state index contributed by atoms with van der Waals surface area (Å²) in [7, 11) is 0. The van der Waals surface area contributed by atoms with Crippen molar-refractivity contribution in [2.45, 2.75) is 18.6 Å². The maximum atomic E-state index is 13.2. The zero-order valence-electron chi connectivity index (χ0n) is 16.4. The number of carbonyl (C=O) groups is 1. The summed E-state index contributed by atoms with van der Waals surface area (Å²) >= 11 is 0. The lowest BCUT2D eigenvalue weighted by atomic mass is 10.1. The van der Waals surface area contributed by atoms with Crippen molar-refractivity contribution in [1.82, 2.24) is 4.98 Å². The summed E-state index contributed by atoms with van der Waals surface area (Å²) in [5.74, 6) is 0.470. The number of nitrogens with one attached hydrogen (secondary N) is 1. The van der Waals surface area contributed by atoms with Gasteiger partial charge in [-0.05, 0) is 42.8 Å². The first-order valence-electron chi connectivity index (χ1n) is 9.99. The normalized spacial score (nSPS) is 17.5. The van der Waals surface area contributed by atoms with E-state index in [9.17, 15) is 18.0 Å². The van der Waals surface area contributed by atoms with Crippen LogP contribution < -0.4 is 15.1 Å². The van der Waals surface area contributed by atoms with Crippen molar-refractivity contribution < 1.29 is 18.0 Å². The second-order valence-corrected chi connectivity index (χ2v) is 7.67. The van der Waals surface area contributed by atoms with Crippen molar-refractivity contribution in [3.8, 4) is 11.3 Å². The molecule has 158 valence electrons. The zero-order chi connectivity index (χ0) is 21.6. The number of hydrogen-bond acceptors (Lipinski definition) is 3. The van der Waals surface area contributed by atoms with E-state index in [0.717, 1.165) is 30.8 Å². The van der Waals surface area contributed by atoms with E-state index in [-0.39, 0.29) is 12.1 Å². The molecule has 1 saturated heterocycles. The minimum atomic E-state index is -4.43. The third kappa shape index (κ3) is 3.58. The molecule has 5 nitrogen and oxygen atoms in total. The Labute approximate surface area is 177 Å². The molecular weight excluding hydrogens is 405 g/mol. The van der Waals surface area contributed by atoms with Crippen LogP contribution in [0, 0.1) is 0 Å². The lowest BCUT2D eigenvalue weighted by Gasteiger charge is -2.36. The highest BCUT2D eigenvalue weighted by Gasteiger charge is 2.40. The van der Waals surface area contributed by atoms with Gasteiger partial charge in [-0.1, -0.05) is 30.3 Å². The van der Waals surface area contributed by atoms with E-state index in [0.29, 0.717) is 29.3 Å². The van der Waals surface area contributed by atoms with Gasteiger partial charge in [0.1, 0.15) is 0 Å². The molecule has 0 saturated carbocycles. The van der Waals surface area contributed by atoms with E-state index in [2.05, 4.69) is 15.2 Å². The summed E-state index contributed by atoms with van der Waals surface area (Å²) in [5.41, 5.74) is 1.50. The van der Waals surface area contributed by atoms with Crippen LogP contribution in [0.25, 0.3) is 11.3 Å². The number of urea groups is 1. The highest BCUT2D eigenvalue weighted by molar-refractivity contribution is 6.04. The van der Waals surface area contributed by atoms with Gasteiger partial charge >= 0.3 is 12.2 Å². The fourth-order valence-corrected chi connectivity index (χ4v) is 4.19. The summed E-state index contributed by atoms with van der Waals surface area (Å²) in [6, 6.07) is 17.4. The number of hydrogen-bond donors (Lipinski definition) is 1. The summed E-state index contributed by atoms with van der Waals surface area (Å²) in [4.78, 5) is 21.6. The number of halogens is 3. The number of anilines is 3. The maximum Gasteiger partial charge on any atom is 0.416 e. The molecule has 1 N–H and O–H groups in total. The van der Waals surface area contributed by atoms with Crippen molar-refractivity contribution in [3.05, 3.63) is 72.3 Å². The lowest BCUT2D eigenvalue weighted by Crippen LogP contribution is -2.48. The van der Waals surface area contributed by atoms with Crippen LogP contribution in [0.2, 0.25) is 0 Å². The first kappa shape index (κ1) is 19.4. The molecule has 1 fully saturated rings. The maximum absolute atomic E-state index is 13.2. The molecule has 8 heteroatoms. The van der Waals surface area contributed by atoms with Crippen molar-refractivity contribution in [1.29, 1.82) is 0 Å². The van der Waals surface area contributed by atoms with E-state index in [1.807, 2.05) is 24.3 Å². The molecule has 2 bridgehead atoms. The Bertz CT molecular complexity index is 1130. The number of amides is 2. The number of aromatic nitrogens is 1. The van der Waals surface area contributed by atoms with Crippen molar-refractivity contribution in [2.24, 2.45) is 0 Å². The molecule has 2 aromatic carbocycles. The first-order valence-corrected chi connectivity index (χ1v) is 9.99. The SMILES string of the molecule is O=C(Nc1ccccc1)N1c2nc(-c3cccc(C(F)(F)F)c3)ccc2N2CC[C@H]1C2. The van der Waals surface area contributed by atoms with Gasteiger partial charge < -0.3 is 10.2 Å². The van der Waals surface area contributed by atoms with Gasteiger partial charge in [0.2, 0.25) is 0 Å². The molecule has 0 unspecified atom stereocenters. The molecule has 2 aliphatic rings. The first-order chi connectivity index (χ1) is 14.9. The average Bonchev–Trinajstić information content (AvgIpc) is 3.18. The molecule has 0 aliphatic carbocycles. The van der Waals surface area contributed by atoms with Gasteiger partial charge in [-0.25, -0.2) is 9.78 Å². The van der Waals surface area contributed by atoms with Crippen LogP contribution in [0.15, 0.2) is 66.7 Å². The van der Waals surface area contributed by atoms with Gasteiger partial charge in [-0.3, -0.25) is 4.90 Å². The van der Waals surface area contributed by atoms with Crippen LogP contribution in [0.1, 0.15) is 12.0 Å². The van der Waals surface area contributed by atoms with Crippen molar-refractivity contribution >= 4 is 23.2 Å². The standard InChI is InChI=1S/C23H19F3N4O/c24-23(25,26)16-6-4-5-15(13-16)19-9-10-20-21(28-19)30(18-11-12-29(20)14-18)22(31)27-17-7-2-1-3-8-17/h1-10,13,18H,11-12,14H2,(H,27,31)/t18-/m0/s1. The van der Waals surface area contributed by atoms with Crippen LogP contribution in [-0.4, -0.2) is 30.1 Å². The molecule has 2 amide bonds. The molecule has 0 spiro atoms. The quantitative estimate of drug-likeness (QED) is 0.599. The summed E-state index contributed by atoms with van der Waals surface area (Å²) in [5, 5.41) is 2.90. The Morgan fingerprint density at radius 1 is 1.03 bits per heavy atom. The fourth-order valence-electron chi connectivity index (χ4n) is 4.19. The van der Waals surface area contributed by atoms with Crippen molar-refractivity contribution in [2.75, 3.05) is 28.2 Å². The molecule has 1 atom stereocenters. The van der Waals surface area contributed by atoms with Gasteiger partial charge in [0, 0.05) is 24.3 Å². The Morgan fingerprint density at radius 2 is 1.84 bits per heavy atom. The Morgan fingerprint density at radius 3 is 2.61 bits per heavy atom. The smallest absolute Gasteiger partial charge is 0.366 e. The number of para-hydroxylation sites is 1. The monoisotopic (exact) mass is 424 g/mol. The molecule has 3 aromatic rings. The van der Waals surface area contributed by atoms with Crippen LogP contribution in [0.5, 0.6) is 0 Å². The van der Waals surface area contributed by atoms with Crippen LogP contribution >= 0.6 is 0 Å². The van der Waals surface area contributed by atoms with Crippen LogP contribution in [0.3, 0.4) is 0 Å². The molecular formula is C23H19F3N4O. The van der Waals surface area contributed by atoms with E-state index in [1.165, 1.54) is 6.07 Å². The number of rotatable bonds is 2. The number of carbonyl (C=O) groups excluding carboxylic acids is 1. The molecule has 1 aromatic heterocycles. The predicted octanol–water partition coefficient (Wildman–Crippen LogP) is 5.40.